The molecule has 2 heterocycles. The average molecular weight is 271 g/mol. The van der Waals surface area contributed by atoms with Crippen molar-refractivity contribution in [2.75, 3.05) is 13.7 Å². The van der Waals surface area contributed by atoms with E-state index in [0.29, 0.717) is 0 Å². The molecule has 0 fully saturated rings. The molecule has 0 saturated heterocycles. The van der Waals surface area contributed by atoms with Crippen molar-refractivity contribution in [3.05, 3.63) is 54.1 Å². The normalized spacial score (nSPS) is 12.1. The molecule has 4 nitrogen and oxygen atoms in total. The molecule has 0 aliphatic heterocycles. The first kappa shape index (κ1) is 14.5. The molecular weight excluding hydrogens is 250 g/mol. The molecule has 0 spiro atoms. The molecule has 0 aliphatic rings. The van der Waals surface area contributed by atoms with Crippen LogP contribution in [0.1, 0.15) is 30.6 Å². The molecule has 0 bridgehead atoms. The Hall–Kier alpha value is -1.94. The van der Waals surface area contributed by atoms with Crippen LogP contribution in [0.3, 0.4) is 0 Å². The number of hydrogen-bond acceptors (Lipinski definition) is 4. The smallest absolute Gasteiger partial charge is 0.137 e. The topological polar surface area (TPSA) is 47.0 Å². The minimum atomic E-state index is 0.201. The van der Waals surface area contributed by atoms with E-state index in [-0.39, 0.29) is 6.04 Å². The lowest BCUT2D eigenvalue weighted by molar-refractivity contribution is 0.410. The zero-order chi connectivity index (χ0) is 14.2. The molecule has 0 saturated carbocycles. The van der Waals surface area contributed by atoms with Crippen LogP contribution in [0.25, 0.3) is 0 Å². The van der Waals surface area contributed by atoms with Gasteiger partial charge in [-0.25, -0.2) is 0 Å². The highest BCUT2D eigenvalue weighted by molar-refractivity contribution is 5.27. The van der Waals surface area contributed by atoms with Gasteiger partial charge < -0.3 is 10.1 Å². The van der Waals surface area contributed by atoms with Crippen molar-refractivity contribution >= 4 is 0 Å². The van der Waals surface area contributed by atoms with E-state index in [0.717, 1.165) is 36.4 Å². The van der Waals surface area contributed by atoms with Crippen molar-refractivity contribution in [2.24, 2.45) is 0 Å². The summed E-state index contributed by atoms with van der Waals surface area (Å²) in [6, 6.07) is 8.23. The van der Waals surface area contributed by atoms with Gasteiger partial charge in [-0.2, -0.15) is 0 Å². The third-order valence-electron chi connectivity index (χ3n) is 3.15. The summed E-state index contributed by atoms with van der Waals surface area (Å²) < 4.78 is 5.25. The number of hydrogen-bond donors (Lipinski definition) is 1. The SMILES string of the molecule is CCCNC(Cc1ccccn1)c1cncc(OC)c1. The van der Waals surface area contributed by atoms with E-state index in [1.807, 2.05) is 36.7 Å². The summed E-state index contributed by atoms with van der Waals surface area (Å²) in [5, 5.41) is 3.55. The lowest BCUT2D eigenvalue weighted by Gasteiger charge is -2.19. The van der Waals surface area contributed by atoms with Crippen LogP contribution in [0.4, 0.5) is 0 Å². The average Bonchev–Trinajstić information content (AvgIpc) is 2.52. The fraction of sp³-hybridized carbons (Fsp3) is 0.375. The third-order valence-corrected chi connectivity index (χ3v) is 3.15. The number of aromatic nitrogens is 2. The Morgan fingerprint density at radius 3 is 2.90 bits per heavy atom. The second-order valence-electron chi connectivity index (χ2n) is 4.69. The van der Waals surface area contributed by atoms with Gasteiger partial charge in [0, 0.05) is 30.6 Å². The Labute approximate surface area is 120 Å². The highest BCUT2D eigenvalue weighted by Crippen LogP contribution is 2.20. The Balaban J connectivity index is 2.17. The fourth-order valence-electron chi connectivity index (χ4n) is 2.09. The molecule has 106 valence electrons. The third kappa shape index (κ3) is 4.03. The molecule has 0 radical (unpaired) electrons. The number of nitrogens with one attached hydrogen (secondary N) is 1. The number of nitrogens with zero attached hydrogens (tertiary/aromatic N) is 2. The van der Waals surface area contributed by atoms with Crippen molar-refractivity contribution in [1.82, 2.24) is 15.3 Å². The fourth-order valence-corrected chi connectivity index (χ4v) is 2.09. The molecule has 2 rings (SSSR count). The predicted octanol–water partition coefficient (Wildman–Crippen LogP) is 2.77. The molecular formula is C16H21N3O. The first-order valence-corrected chi connectivity index (χ1v) is 6.95. The van der Waals surface area contributed by atoms with Gasteiger partial charge in [0.15, 0.2) is 0 Å². The molecule has 0 aliphatic carbocycles. The van der Waals surface area contributed by atoms with E-state index in [9.17, 15) is 0 Å². The summed E-state index contributed by atoms with van der Waals surface area (Å²) in [7, 11) is 1.66. The van der Waals surface area contributed by atoms with Crippen LogP contribution < -0.4 is 10.1 Å². The van der Waals surface area contributed by atoms with Gasteiger partial charge in [0.25, 0.3) is 0 Å². The summed E-state index contributed by atoms with van der Waals surface area (Å²) in [6.07, 6.45) is 7.38. The van der Waals surface area contributed by atoms with Gasteiger partial charge in [-0.15, -0.1) is 0 Å². The monoisotopic (exact) mass is 271 g/mol. The molecule has 0 aromatic carbocycles. The molecule has 1 atom stereocenters. The summed E-state index contributed by atoms with van der Waals surface area (Å²) in [5.41, 5.74) is 2.20. The zero-order valence-corrected chi connectivity index (χ0v) is 12.0. The van der Waals surface area contributed by atoms with Gasteiger partial charge in [-0.05, 0) is 36.7 Å². The lowest BCUT2D eigenvalue weighted by Crippen LogP contribution is -2.24. The second-order valence-corrected chi connectivity index (χ2v) is 4.69. The zero-order valence-electron chi connectivity index (χ0n) is 12.0. The number of methoxy groups -OCH3 is 1. The minimum Gasteiger partial charge on any atom is -0.495 e. The number of rotatable bonds is 7. The van der Waals surface area contributed by atoms with E-state index in [4.69, 9.17) is 4.74 Å². The summed E-state index contributed by atoms with van der Waals surface area (Å²) in [4.78, 5) is 8.64. The van der Waals surface area contributed by atoms with Crippen LogP contribution in [0.15, 0.2) is 42.9 Å². The van der Waals surface area contributed by atoms with Crippen LogP contribution in [0, 0.1) is 0 Å². The Kier molecular flexibility index (Phi) is 5.50. The lowest BCUT2D eigenvalue weighted by atomic mass is 10.0. The Bertz CT molecular complexity index is 516. The molecule has 4 heteroatoms. The minimum absolute atomic E-state index is 0.201. The van der Waals surface area contributed by atoms with Crippen LogP contribution in [0.5, 0.6) is 5.75 Å². The van der Waals surface area contributed by atoms with E-state index < -0.39 is 0 Å². The van der Waals surface area contributed by atoms with Gasteiger partial charge in [-0.1, -0.05) is 13.0 Å². The molecule has 0 amide bonds. The summed E-state index contributed by atoms with van der Waals surface area (Å²) >= 11 is 0. The largest absolute Gasteiger partial charge is 0.495 e. The van der Waals surface area contributed by atoms with Gasteiger partial charge in [0.1, 0.15) is 5.75 Å². The molecule has 2 aromatic rings. The Morgan fingerprint density at radius 2 is 2.20 bits per heavy atom. The van der Waals surface area contributed by atoms with E-state index in [2.05, 4.69) is 22.2 Å². The Morgan fingerprint density at radius 1 is 1.30 bits per heavy atom. The van der Waals surface area contributed by atoms with Crippen molar-refractivity contribution < 1.29 is 4.74 Å². The first-order valence-electron chi connectivity index (χ1n) is 6.95. The van der Waals surface area contributed by atoms with E-state index >= 15 is 0 Å². The van der Waals surface area contributed by atoms with Gasteiger partial charge in [-0.3, -0.25) is 9.97 Å². The van der Waals surface area contributed by atoms with Crippen molar-refractivity contribution in [1.29, 1.82) is 0 Å². The van der Waals surface area contributed by atoms with Gasteiger partial charge >= 0.3 is 0 Å². The maximum atomic E-state index is 5.25. The number of ether oxygens (including phenoxy) is 1. The highest BCUT2D eigenvalue weighted by atomic mass is 16.5. The maximum Gasteiger partial charge on any atom is 0.137 e. The highest BCUT2D eigenvalue weighted by Gasteiger charge is 2.13. The van der Waals surface area contributed by atoms with Gasteiger partial charge in [0.05, 0.1) is 13.3 Å². The molecule has 20 heavy (non-hydrogen) atoms. The van der Waals surface area contributed by atoms with Crippen molar-refractivity contribution in [2.45, 2.75) is 25.8 Å². The van der Waals surface area contributed by atoms with Crippen molar-refractivity contribution in [3.8, 4) is 5.75 Å². The standard InChI is InChI=1S/C16H21N3O/c1-3-7-19-16(10-14-6-4-5-8-18-14)13-9-15(20-2)12-17-11-13/h4-6,8-9,11-12,16,19H,3,7,10H2,1-2H3. The molecule has 1 N–H and O–H groups in total. The van der Waals surface area contributed by atoms with E-state index in [1.165, 1.54) is 0 Å². The number of pyridine rings is 2. The maximum absolute atomic E-state index is 5.25. The first-order chi connectivity index (χ1) is 9.83. The second kappa shape index (κ2) is 7.60. The van der Waals surface area contributed by atoms with Crippen LogP contribution >= 0.6 is 0 Å². The van der Waals surface area contributed by atoms with Crippen LogP contribution in [0.2, 0.25) is 0 Å². The van der Waals surface area contributed by atoms with Crippen LogP contribution in [-0.4, -0.2) is 23.6 Å². The summed E-state index contributed by atoms with van der Waals surface area (Å²) in [5.74, 6) is 0.784. The predicted molar refractivity (Wildman–Crippen MR) is 79.8 cm³/mol. The quantitative estimate of drug-likeness (QED) is 0.841. The summed E-state index contributed by atoms with van der Waals surface area (Å²) in [6.45, 7) is 3.13. The van der Waals surface area contributed by atoms with E-state index in [1.54, 1.807) is 13.3 Å². The van der Waals surface area contributed by atoms with Crippen LogP contribution in [-0.2, 0) is 6.42 Å². The molecule has 1 unspecified atom stereocenters. The molecule has 2 aromatic heterocycles. The van der Waals surface area contributed by atoms with Crippen molar-refractivity contribution in [3.63, 3.8) is 0 Å². The van der Waals surface area contributed by atoms with Gasteiger partial charge in [0.2, 0.25) is 0 Å².